The van der Waals surface area contributed by atoms with Crippen LogP contribution in [-0.4, -0.2) is 20.8 Å². The molecule has 0 unspecified atom stereocenters. The summed E-state index contributed by atoms with van der Waals surface area (Å²) < 4.78 is 7.59. The van der Waals surface area contributed by atoms with Crippen LogP contribution in [-0.2, 0) is 4.79 Å². The van der Waals surface area contributed by atoms with Gasteiger partial charge in [-0.2, -0.15) is 5.10 Å². The number of carbonyl (C=O) groups excluding carboxylic acids is 1. The van der Waals surface area contributed by atoms with Crippen molar-refractivity contribution < 1.29 is 9.21 Å². The molecule has 4 aromatic rings. The van der Waals surface area contributed by atoms with Crippen LogP contribution in [0, 0.1) is 6.92 Å². The van der Waals surface area contributed by atoms with Crippen molar-refractivity contribution in [1.82, 2.24) is 15.1 Å². The van der Waals surface area contributed by atoms with E-state index in [1.165, 1.54) is 4.90 Å². The molecule has 31 heavy (non-hydrogen) atoms. The van der Waals surface area contributed by atoms with Crippen LogP contribution in [0.4, 0.5) is 5.69 Å². The number of amides is 1. The fourth-order valence-corrected chi connectivity index (χ4v) is 3.76. The molecule has 5 rings (SSSR count). The molecule has 1 fully saturated rings. The van der Waals surface area contributed by atoms with Gasteiger partial charge < -0.3 is 9.73 Å². The van der Waals surface area contributed by atoms with E-state index in [0.717, 1.165) is 22.7 Å². The molecule has 2 aromatic carbocycles. The van der Waals surface area contributed by atoms with Crippen LogP contribution in [0.25, 0.3) is 23.2 Å². The topological polar surface area (TPSA) is 63.3 Å². The second-order valence-corrected chi connectivity index (χ2v) is 7.47. The number of nitrogens with one attached hydrogen (secondary N) is 1. The maximum atomic E-state index is 13.1. The second kappa shape index (κ2) is 7.70. The maximum absolute atomic E-state index is 13.1. The van der Waals surface area contributed by atoms with E-state index < -0.39 is 0 Å². The Kier molecular flexibility index (Phi) is 4.72. The number of anilines is 1. The molecule has 1 aliphatic heterocycles. The minimum absolute atomic E-state index is 0.217. The molecule has 152 valence electrons. The average Bonchev–Trinajstić information content (AvgIpc) is 3.47. The normalized spacial score (nSPS) is 15.0. The Morgan fingerprint density at radius 2 is 1.65 bits per heavy atom. The SMILES string of the molecule is Cc1ccc(-c2nn(-c3ccccc3)cc2/C=C2/NC(=S)N(c3ccccc3)C2=O)o1. The fourth-order valence-electron chi connectivity index (χ4n) is 3.46. The summed E-state index contributed by atoms with van der Waals surface area (Å²) in [5.74, 6) is 1.20. The molecular weight excluding hydrogens is 408 g/mol. The molecule has 0 radical (unpaired) electrons. The molecule has 0 aliphatic carbocycles. The van der Waals surface area contributed by atoms with Crippen molar-refractivity contribution in [3.8, 4) is 17.1 Å². The monoisotopic (exact) mass is 426 g/mol. The van der Waals surface area contributed by atoms with Crippen LogP contribution in [0.1, 0.15) is 11.3 Å². The van der Waals surface area contributed by atoms with Gasteiger partial charge in [0.2, 0.25) is 0 Å². The van der Waals surface area contributed by atoms with Gasteiger partial charge >= 0.3 is 0 Å². The molecule has 3 heterocycles. The number of rotatable bonds is 4. The van der Waals surface area contributed by atoms with Gasteiger partial charge in [-0.1, -0.05) is 36.4 Å². The van der Waals surface area contributed by atoms with Crippen molar-refractivity contribution in [3.05, 3.63) is 96.0 Å². The third kappa shape index (κ3) is 3.55. The summed E-state index contributed by atoms with van der Waals surface area (Å²) in [4.78, 5) is 14.6. The van der Waals surface area contributed by atoms with E-state index >= 15 is 0 Å². The Morgan fingerprint density at radius 3 is 2.29 bits per heavy atom. The number of benzene rings is 2. The molecule has 1 saturated heterocycles. The molecule has 1 aliphatic rings. The van der Waals surface area contributed by atoms with Gasteiger partial charge in [0.1, 0.15) is 17.2 Å². The van der Waals surface area contributed by atoms with Gasteiger partial charge in [-0.25, -0.2) is 4.68 Å². The summed E-state index contributed by atoms with van der Waals surface area (Å²) in [6.07, 6.45) is 3.63. The number of carbonyl (C=O) groups is 1. The van der Waals surface area contributed by atoms with Gasteiger partial charge in [0.05, 0.1) is 11.4 Å². The Balaban J connectivity index is 1.58. The number of nitrogens with zero attached hydrogens (tertiary/aromatic N) is 3. The molecular formula is C24H18N4O2S. The number of furan rings is 1. The van der Waals surface area contributed by atoms with Crippen molar-refractivity contribution in [2.75, 3.05) is 4.90 Å². The summed E-state index contributed by atoms with van der Waals surface area (Å²) in [6, 6.07) is 22.9. The summed E-state index contributed by atoms with van der Waals surface area (Å²) in [5, 5.41) is 8.10. The highest BCUT2D eigenvalue weighted by atomic mass is 32.1. The lowest BCUT2D eigenvalue weighted by Gasteiger charge is -2.13. The molecule has 0 saturated carbocycles. The van der Waals surface area contributed by atoms with E-state index in [2.05, 4.69) is 5.32 Å². The molecule has 1 N–H and O–H groups in total. The first kappa shape index (κ1) is 19.0. The molecule has 7 heteroatoms. The van der Waals surface area contributed by atoms with Crippen LogP contribution in [0.5, 0.6) is 0 Å². The second-order valence-electron chi connectivity index (χ2n) is 7.09. The average molecular weight is 427 g/mol. The lowest BCUT2D eigenvalue weighted by molar-refractivity contribution is -0.113. The van der Waals surface area contributed by atoms with Crippen molar-refractivity contribution >= 4 is 35.0 Å². The lowest BCUT2D eigenvalue weighted by atomic mass is 10.1. The summed E-state index contributed by atoms with van der Waals surface area (Å²) in [7, 11) is 0. The van der Waals surface area contributed by atoms with Crippen molar-refractivity contribution in [2.24, 2.45) is 0 Å². The summed E-state index contributed by atoms with van der Waals surface area (Å²) in [5.41, 5.74) is 3.39. The highest BCUT2D eigenvalue weighted by Crippen LogP contribution is 2.29. The molecule has 0 bridgehead atoms. The third-order valence-electron chi connectivity index (χ3n) is 4.93. The van der Waals surface area contributed by atoms with E-state index in [-0.39, 0.29) is 5.91 Å². The van der Waals surface area contributed by atoms with Gasteiger partial charge in [-0.15, -0.1) is 0 Å². The van der Waals surface area contributed by atoms with E-state index in [4.69, 9.17) is 21.7 Å². The lowest BCUT2D eigenvalue weighted by Crippen LogP contribution is -2.30. The van der Waals surface area contributed by atoms with E-state index in [1.807, 2.05) is 85.9 Å². The zero-order valence-electron chi connectivity index (χ0n) is 16.6. The van der Waals surface area contributed by atoms with Gasteiger partial charge in [0, 0.05) is 11.8 Å². The van der Waals surface area contributed by atoms with Crippen molar-refractivity contribution in [2.45, 2.75) is 6.92 Å². The van der Waals surface area contributed by atoms with E-state index in [1.54, 1.807) is 10.8 Å². The van der Waals surface area contributed by atoms with Crippen molar-refractivity contribution in [3.63, 3.8) is 0 Å². The number of hydrogen-bond acceptors (Lipinski definition) is 4. The largest absolute Gasteiger partial charge is 0.460 e. The smallest absolute Gasteiger partial charge is 0.281 e. The number of thiocarbonyl (C=S) groups is 1. The van der Waals surface area contributed by atoms with Gasteiger partial charge in [-0.3, -0.25) is 9.69 Å². The number of aromatic nitrogens is 2. The van der Waals surface area contributed by atoms with Gasteiger partial charge in [-0.05, 0) is 61.6 Å². The molecule has 1 amide bonds. The Bertz CT molecular complexity index is 1310. The number of aryl methyl sites for hydroxylation is 1. The minimum atomic E-state index is -0.217. The zero-order chi connectivity index (χ0) is 21.4. The molecule has 0 atom stereocenters. The predicted octanol–water partition coefficient (Wildman–Crippen LogP) is 4.70. The highest BCUT2D eigenvalue weighted by Gasteiger charge is 2.32. The quantitative estimate of drug-likeness (QED) is 0.378. The van der Waals surface area contributed by atoms with E-state index in [9.17, 15) is 4.79 Å². The van der Waals surface area contributed by atoms with Crippen molar-refractivity contribution in [1.29, 1.82) is 0 Å². The summed E-state index contributed by atoms with van der Waals surface area (Å²) in [6.45, 7) is 1.88. The third-order valence-corrected chi connectivity index (χ3v) is 5.21. The van der Waals surface area contributed by atoms with Gasteiger partial charge in [0.15, 0.2) is 10.9 Å². The molecule has 6 nitrogen and oxygen atoms in total. The zero-order valence-corrected chi connectivity index (χ0v) is 17.5. The maximum Gasteiger partial charge on any atom is 0.281 e. The fraction of sp³-hybridized carbons (Fsp3) is 0.0417. The Labute approximate surface area is 184 Å². The minimum Gasteiger partial charge on any atom is -0.460 e. The Hall–Kier alpha value is -3.97. The van der Waals surface area contributed by atoms with Crippen LogP contribution in [0.3, 0.4) is 0 Å². The van der Waals surface area contributed by atoms with Crippen LogP contribution < -0.4 is 10.2 Å². The van der Waals surface area contributed by atoms with Crippen LogP contribution >= 0.6 is 12.2 Å². The van der Waals surface area contributed by atoms with E-state index in [0.29, 0.717) is 22.3 Å². The first-order valence-electron chi connectivity index (χ1n) is 9.74. The first-order valence-corrected chi connectivity index (χ1v) is 10.1. The first-order chi connectivity index (χ1) is 15.1. The molecule has 2 aromatic heterocycles. The molecule has 0 spiro atoms. The number of para-hydroxylation sites is 2. The standard InChI is InChI=1S/C24H18N4O2S/c1-16-12-13-21(30-16)22-17(15-27(26-22)18-8-4-2-5-9-18)14-20-23(29)28(24(31)25-20)19-10-6-3-7-11-19/h2-15H,1H3,(H,25,31)/b20-14+. The Morgan fingerprint density at radius 1 is 0.968 bits per heavy atom. The number of hydrogen-bond donors (Lipinski definition) is 1. The van der Waals surface area contributed by atoms with Crippen LogP contribution in [0.2, 0.25) is 0 Å². The highest BCUT2D eigenvalue weighted by molar-refractivity contribution is 7.80. The van der Waals surface area contributed by atoms with Crippen LogP contribution in [0.15, 0.2) is 89.1 Å². The van der Waals surface area contributed by atoms with Gasteiger partial charge in [0.25, 0.3) is 5.91 Å². The predicted molar refractivity (Wildman–Crippen MR) is 124 cm³/mol. The summed E-state index contributed by atoms with van der Waals surface area (Å²) >= 11 is 5.42.